The smallest absolute Gasteiger partial charge is 0.340 e. The van der Waals surface area contributed by atoms with Crippen molar-refractivity contribution in [3.63, 3.8) is 0 Å². The van der Waals surface area contributed by atoms with Crippen molar-refractivity contribution in [1.82, 2.24) is 0 Å². The molecule has 4 aliphatic rings. The molecular weight excluding hydrogens is 414 g/mol. The zero-order valence-corrected chi connectivity index (χ0v) is 18.4. The van der Waals surface area contributed by atoms with Crippen LogP contribution in [0.15, 0.2) is 72.8 Å². The number of nitrogens with zero attached hydrogens (tertiary/aromatic N) is 1. The lowest BCUT2D eigenvalue weighted by molar-refractivity contribution is -0.122. The van der Waals surface area contributed by atoms with Gasteiger partial charge in [-0.2, -0.15) is 0 Å². The summed E-state index contributed by atoms with van der Waals surface area (Å²) in [6, 6.07) is 23.0. The Kier molecular flexibility index (Phi) is 4.31. The quantitative estimate of drug-likeness (QED) is 0.442. The number of carbonyl (C=O) groups is 3. The van der Waals surface area contributed by atoms with Gasteiger partial charge in [-0.25, -0.2) is 9.69 Å². The first-order valence-electron chi connectivity index (χ1n) is 11.3. The van der Waals surface area contributed by atoms with Gasteiger partial charge in [-0.3, -0.25) is 9.59 Å². The van der Waals surface area contributed by atoms with Crippen LogP contribution in [-0.4, -0.2) is 23.9 Å². The maximum absolute atomic E-state index is 13.9. The Bertz CT molecular complexity index is 1210. The fourth-order valence-corrected chi connectivity index (χ4v) is 6.03. The Hall–Kier alpha value is -3.73. The van der Waals surface area contributed by atoms with Crippen molar-refractivity contribution in [2.24, 2.45) is 11.8 Å². The highest BCUT2D eigenvalue weighted by Gasteiger charge is 2.62. The maximum Gasteiger partial charge on any atom is 0.340 e. The van der Waals surface area contributed by atoms with E-state index in [-0.39, 0.29) is 35.3 Å². The van der Waals surface area contributed by atoms with Crippen molar-refractivity contribution in [1.29, 1.82) is 0 Å². The lowest BCUT2D eigenvalue weighted by Gasteiger charge is -2.45. The highest BCUT2D eigenvalue weighted by atomic mass is 16.5. The molecule has 3 aromatic rings. The summed E-state index contributed by atoms with van der Waals surface area (Å²) in [5.74, 6) is -2.34. The van der Waals surface area contributed by atoms with Gasteiger partial charge in [0.1, 0.15) is 0 Å². The highest BCUT2D eigenvalue weighted by molar-refractivity contribution is 6.25. The van der Waals surface area contributed by atoms with E-state index < -0.39 is 17.8 Å². The second kappa shape index (κ2) is 7.14. The molecule has 2 bridgehead atoms. The van der Waals surface area contributed by atoms with Crippen molar-refractivity contribution in [3.8, 4) is 0 Å². The number of benzene rings is 3. The summed E-state index contributed by atoms with van der Waals surface area (Å²) in [7, 11) is 0. The van der Waals surface area contributed by atoms with Gasteiger partial charge >= 0.3 is 5.97 Å². The predicted molar refractivity (Wildman–Crippen MR) is 123 cm³/mol. The molecule has 164 valence electrons. The van der Waals surface area contributed by atoms with Crippen LogP contribution in [0.3, 0.4) is 0 Å². The second-order valence-corrected chi connectivity index (χ2v) is 9.25. The number of ether oxygens (including phenoxy) is 1. The van der Waals surface area contributed by atoms with Crippen LogP contribution >= 0.6 is 0 Å². The minimum atomic E-state index is -0.536. The lowest BCUT2D eigenvalue weighted by atomic mass is 9.55. The number of esters is 1. The number of para-hydroxylation sites is 1. The van der Waals surface area contributed by atoms with Crippen LogP contribution in [0.2, 0.25) is 0 Å². The van der Waals surface area contributed by atoms with Crippen LogP contribution < -0.4 is 4.90 Å². The fourth-order valence-electron chi connectivity index (χ4n) is 6.03. The van der Waals surface area contributed by atoms with Gasteiger partial charge in [0, 0.05) is 11.8 Å². The molecule has 0 spiro atoms. The molecule has 1 heterocycles. The molecule has 2 amide bonds. The summed E-state index contributed by atoms with van der Waals surface area (Å²) in [5.41, 5.74) is 5.03. The van der Waals surface area contributed by atoms with Crippen molar-refractivity contribution in [2.75, 3.05) is 4.90 Å². The number of amides is 2. The molecule has 33 heavy (non-hydrogen) atoms. The van der Waals surface area contributed by atoms with Crippen LogP contribution in [0.25, 0.3) is 0 Å². The minimum Gasteiger partial charge on any atom is -0.459 e. The number of hydrogen-bond acceptors (Lipinski definition) is 4. The summed E-state index contributed by atoms with van der Waals surface area (Å²) in [4.78, 5) is 41.8. The molecule has 0 radical (unpaired) electrons. The van der Waals surface area contributed by atoms with E-state index in [1.165, 1.54) is 4.90 Å². The Balaban J connectivity index is 1.50. The molecule has 1 saturated heterocycles. The number of imide groups is 1. The molecule has 2 atom stereocenters. The van der Waals surface area contributed by atoms with Gasteiger partial charge in [0.2, 0.25) is 11.8 Å². The molecule has 0 aromatic heterocycles. The Morgan fingerprint density at radius 1 is 0.727 bits per heavy atom. The van der Waals surface area contributed by atoms with E-state index in [1.54, 1.807) is 38.1 Å². The summed E-state index contributed by atoms with van der Waals surface area (Å²) >= 11 is 0. The highest BCUT2D eigenvalue weighted by Crippen LogP contribution is 2.61. The first-order valence-corrected chi connectivity index (χ1v) is 11.3. The van der Waals surface area contributed by atoms with Crippen molar-refractivity contribution in [2.45, 2.75) is 31.8 Å². The Morgan fingerprint density at radius 3 is 1.61 bits per heavy atom. The average Bonchev–Trinajstić information content (AvgIpc) is 3.09. The van der Waals surface area contributed by atoms with Crippen molar-refractivity contribution >= 4 is 23.5 Å². The minimum absolute atomic E-state index is 0.177. The number of rotatable bonds is 3. The third-order valence-electron chi connectivity index (χ3n) is 7.16. The number of carbonyl (C=O) groups excluding carboxylic acids is 3. The second-order valence-electron chi connectivity index (χ2n) is 9.25. The van der Waals surface area contributed by atoms with Crippen molar-refractivity contribution < 1.29 is 19.1 Å². The standard InChI is InChI=1S/C28H23NO4/c1-15(2)33-28(32)20-13-7-8-14-21(20)29-26(30)24-22-16-9-3-4-10-17(16)23(25(24)27(29)31)19-12-6-5-11-18(19)22/h3-15,22-25H,1-2H3/t22?,23?,24-,25-/m1/s1. The van der Waals surface area contributed by atoms with Crippen LogP contribution in [0.5, 0.6) is 0 Å². The molecule has 3 aromatic carbocycles. The summed E-state index contributed by atoms with van der Waals surface area (Å²) in [5, 5.41) is 0. The first kappa shape index (κ1) is 19.9. The third-order valence-corrected chi connectivity index (χ3v) is 7.16. The van der Waals surface area contributed by atoms with Gasteiger partial charge in [0.05, 0.1) is 29.2 Å². The Labute approximate surface area is 192 Å². The largest absolute Gasteiger partial charge is 0.459 e. The number of hydrogen-bond donors (Lipinski definition) is 0. The summed E-state index contributed by atoms with van der Waals surface area (Å²) in [6.45, 7) is 3.54. The summed E-state index contributed by atoms with van der Waals surface area (Å²) in [6.07, 6.45) is -0.307. The molecule has 5 nitrogen and oxygen atoms in total. The molecule has 0 saturated carbocycles. The molecule has 1 aliphatic heterocycles. The number of anilines is 1. The normalized spacial score (nSPS) is 24.5. The molecule has 0 N–H and O–H groups in total. The van der Waals surface area contributed by atoms with E-state index in [1.807, 2.05) is 24.3 Å². The van der Waals surface area contributed by atoms with Gasteiger partial charge < -0.3 is 4.74 Å². The zero-order chi connectivity index (χ0) is 22.9. The molecule has 0 unspecified atom stereocenters. The van der Waals surface area contributed by atoms with E-state index in [4.69, 9.17) is 4.74 Å². The topological polar surface area (TPSA) is 63.7 Å². The fraction of sp³-hybridized carbons (Fsp3) is 0.250. The molecule has 5 heteroatoms. The van der Waals surface area contributed by atoms with E-state index in [2.05, 4.69) is 24.3 Å². The van der Waals surface area contributed by atoms with E-state index in [0.717, 1.165) is 22.3 Å². The van der Waals surface area contributed by atoms with Crippen molar-refractivity contribution in [3.05, 3.63) is 101 Å². The molecular formula is C28H23NO4. The maximum atomic E-state index is 13.9. The van der Waals surface area contributed by atoms with Gasteiger partial charge in [-0.1, -0.05) is 60.7 Å². The van der Waals surface area contributed by atoms with E-state index >= 15 is 0 Å². The summed E-state index contributed by atoms with van der Waals surface area (Å²) < 4.78 is 5.39. The monoisotopic (exact) mass is 437 g/mol. The van der Waals surface area contributed by atoms with E-state index in [0.29, 0.717) is 5.69 Å². The Morgan fingerprint density at radius 2 is 1.15 bits per heavy atom. The van der Waals surface area contributed by atoms with E-state index in [9.17, 15) is 14.4 Å². The molecule has 3 aliphatic carbocycles. The first-order chi connectivity index (χ1) is 16.0. The van der Waals surface area contributed by atoms with Crippen LogP contribution in [0.1, 0.15) is 58.3 Å². The molecule has 7 rings (SSSR count). The molecule has 1 fully saturated rings. The van der Waals surface area contributed by atoms with Crippen LogP contribution in [0, 0.1) is 11.8 Å². The predicted octanol–water partition coefficient (Wildman–Crippen LogP) is 4.65. The third kappa shape index (κ3) is 2.68. The van der Waals surface area contributed by atoms with Crippen LogP contribution in [-0.2, 0) is 14.3 Å². The lowest BCUT2D eigenvalue weighted by Crippen LogP contribution is -2.41. The SMILES string of the molecule is CC(C)OC(=O)c1ccccc1N1C(=O)[C@@H]2C3c4ccccc4C(c4ccccc43)[C@H]2C1=O. The zero-order valence-electron chi connectivity index (χ0n) is 18.4. The van der Waals surface area contributed by atoms with Gasteiger partial charge in [0.25, 0.3) is 0 Å². The average molecular weight is 437 g/mol. The van der Waals surface area contributed by atoms with Gasteiger partial charge in [-0.05, 0) is 48.2 Å². The van der Waals surface area contributed by atoms with Crippen LogP contribution in [0.4, 0.5) is 5.69 Å². The van der Waals surface area contributed by atoms with Gasteiger partial charge in [0.15, 0.2) is 0 Å². The van der Waals surface area contributed by atoms with Gasteiger partial charge in [-0.15, -0.1) is 0 Å².